The van der Waals surface area contributed by atoms with Gasteiger partial charge in [0.05, 0.1) is 29.8 Å². The molecule has 2 bridgehead atoms. The number of benzene rings is 3. The summed E-state index contributed by atoms with van der Waals surface area (Å²) in [5, 5.41) is 3.70. The molecule has 3 aliphatic heterocycles. The molecule has 1 unspecified atom stereocenters. The van der Waals surface area contributed by atoms with Gasteiger partial charge in [0.1, 0.15) is 18.0 Å². The first kappa shape index (κ1) is 34.5. The van der Waals surface area contributed by atoms with Gasteiger partial charge in [0, 0.05) is 31.0 Å². The number of anilines is 1. The van der Waals surface area contributed by atoms with Crippen molar-refractivity contribution in [2.75, 3.05) is 39.2 Å². The van der Waals surface area contributed by atoms with Crippen molar-refractivity contribution in [3.8, 4) is 11.5 Å². The minimum absolute atomic E-state index is 0.0726. The molecular formula is C37H36Cl2FN3O6. The molecule has 49 heavy (non-hydrogen) atoms. The number of carbonyl (C=O) groups excluding carboxylic acids is 2. The van der Waals surface area contributed by atoms with Gasteiger partial charge in [-0.25, -0.2) is 14.0 Å². The molecule has 3 saturated heterocycles. The molecule has 4 heterocycles. The summed E-state index contributed by atoms with van der Waals surface area (Å²) in [6.07, 6.45) is 3.83. The summed E-state index contributed by atoms with van der Waals surface area (Å²) in [5.41, 5.74) is 1.71. The molecule has 4 aromatic rings. The van der Waals surface area contributed by atoms with Crippen LogP contribution in [0.4, 0.5) is 10.1 Å². The summed E-state index contributed by atoms with van der Waals surface area (Å²) in [6.45, 7) is 2.76. The lowest BCUT2D eigenvalue weighted by Gasteiger charge is -2.44. The normalized spacial score (nSPS) is 19.4. The van der Waals surface area contributed by atoms with Crippen molar-refractivity contribution in [1.29, 1.82) is 0 Å². The second-order valence-corrected chi connectivity index (χ2v) is 12.9. The number of methoxy groups -OCH3 is 2. The fourth-order valence-corrected chi connectivity index (χ4v) is 6.93. The van der Waals surface area contributed by atoms with Crippen molar-refractivity contribution in [3.63, 3.8) is 0 Å². The van der Waals surface area contributed by atoms with Gasteiger partial charge in [0.25, 0.3) is 0 Å². The Labute approximate surface area is 294 Å². The van der Waals surface area contributed by atoms with Crippen LogP contribution in [-0.2, 0) is 20.7 Å². The summed E-state index contributed by atoms with van der Waals surface area (Å²) in [4.78, 5) is 33.4. The highest BCUT2D eigenvalue weighted by Gasteiger charge is 2.38. The van der Waals surface area contributed by atoms with Gasteiger partial charge < -0.3 is 24.3 Å². The van der Waals surface area contributed by atoms with E-state index in [9.17, 15) is 9.59 Å². The van der Waals surface area contributed by atoms with E-state index in [1.807, 2.05) is 30.3 Å². The average Bonchev–Trinajstić information content (AvgIpc) is 3.12. The van der Waals surface area contributed by atoms with Gasteiger partial charge in [0.2, 0.25) is 0 Å². The molecule has 3 atom stereocenters. The summed E-state index contributed by atoms with van der Waals surface area (Å²) >= 11 is 12.8. The molecule has 256 valence electrons. The minimum Gasteiger partial charge on any atom is -0.493 e. The molecule has 9 nitrogen and oxygen atoms in total. The number of nitrogens with zero attached hydrogens (tertiary/aromatic N) is 2. The highest BCUT2D eigenvalue weighted by atomic mass is 35.5. The van der Waals surface area contributed by atoms with Crippen LogP contribution in [0.1, 0.15) is 52.0 Å². The quantitative estimate of drug-likeness (QED) is 0.150. The molecule has 0 amide bonds. The van der Waals surface area contributed by atoms with Crippen LogP contribution in [-0.4, -0.2) is 61.8 Å². The largest absolute Gasteiger partial charge is 0.493 e. The molecule has 7 rings (SSSR count). The topological polar surface area (TPSA) is 99.2 Å². The van der Waals surface area contributed by atoms with Crippen molar-refractivity contribution < 1.29 is 32.9 Å². The Morgan fingerprint density at radius 3 is 2.29 bits per heavy atom. The molecule has 1 N–H and O–H groups in total. The van der Waals surface area contributed by atoms with Crippen LogP contribution in [0.25, 0.3) is 0 Å². The lowest BCUT2D eigenvalue weighted by molar-refractivity contribution is -0.159. The van der Waals surface area contributed by atoms with Crippen molar-refractivity contribution in [2.24, 2.45) is 5.92 Å². The summed E-state index contributed by atoms with van der Waals surface area (Å²) in [7, 11) is 3.00. The average molecular weight is 709 g/mol. The zero-order valence-corrected chi connectivity index (χ0v) is 28.5. The van der Waals surface area contributed by atoms with Gasteiger partial charge in [-0.05, 0) is 78.9 Å². The fourth-order valence-electron chi connectivity index (χ4n) is 6.41. The number of carbonyl (C=O) groups is 2. The zero-order chi connectivity index (χ0) is 34.5. The van der Waals surface area contributed by atoms with E-state index >= 15 is 4.39 Å². The minimum atomic E-state index is -0.939. The van der Waals surface area contributed by atoms with Gasteiger partial charge in [-0.2, -0.15) is 0 Å². The van der Waals surface area contributed by atoms with Crippen molar-refractivity contribution in [1.82, 2.24) is 9.88 Å². The van der Waals surface area contributed by atoms with Gasteiger partial charge in [-0.1, -0.05) is 59.6 Å². The predicted molar refractivity (Wildman–Crippen MR) is 184 cm³/mol. The van der Waals surface area contributed by atoms with Crippen LogP contribution in [0.2, 0.25) is 10.0 Å². The van der Waals surface area contributed by atoms with E-state index in [1.54, 1.807) is 18.2 Å². The van der Waals surface area contributed by atoms with Crippen LogP contribution >= 0.6 is 23.2 Å². The van der Waals surface area contributed by atoms with Gasteiger partial charge >= 0.3 is 11.9 Å². The summed E-state index contributed by atoms with van der Waals surface area (Å²) < 4.78 is 38.5. The highest BCUT2D eigenvalue weighted by Crippen LogP contribution is 2.36. The third-order valence-electron chi connectivity index (χ3n) is 9.10. The Morgan fingerprint density at radius 2 is 1.65 bits per heavy atom. The first-order chi connectivity index (χ1) is 23.7. The van der Waals surface area contributed by atoms with Crippen LogP contribution in [0.15, 0.2) is 79.1 Å². The van der Waals surface area contributed by atoms with Gasteiger partial charge in [-0.15, -0.1) is 0 Å². The Hall–Kier alpha value is -4.38. The summed E-state index contributed by atoms with van der Waals surface area (Å²) in [5.74, 6) is -0.965. The van der Waals surface area contributed by atoms with Crippen LogP contribution in [0.3, 0.4) is 0 Å². The maximum absolute atomic E-state index is 15.7. The number of ether oxygens (including phenoxy) is 4. The lowest BCUT2D eigenvalue weighted by atomic mass is 9.86. The molecule has 3 aliphatic rings. The number of hydrogen-bond acceptors (Lipinski definition) is 9. The summed E-state index contributed by atoms with van der Waals surface area (Å²) in [6, 6.07) is 17.3. The third kappa shape index (κ3) is 7.93. The number of esters is 2. The molecule has 3 fully saturated rings. The van der Waals surface area contributed by atoms with E-state index in [1.165, 1.54) is 38.7 Å². The number of nitrogens with one attached hydrogen (secondary N) is 1. The number of fused-ring (bicyclic) bond motifs is 3. The molecule has 0 saturated carbocycles. The first-order valence-corrected chi connectivity index (χ1v) is 16.7. The van der Waals surface area contributed by atoms with Crippen LogP contribution < -0.4 is 14.8 Å². The van der Waals surface area contributed by atoms with E-state index in [4.69, 9.17) is 42.1 Å². The Morgan fingerprint density at radius 1 is 0.939 bits per heavy atom. The van der Waals surface area contributed by atoms with E-state index in [2.05, 4.69) is 15.2 Å². The van der Waals surface area contributed by atoms with E-state index in [0.717, 1.165) is 32.0 Å². The maximum Gasteiger partial charge on any atom is 0.341 e. The molecule has 1 aromatic heterocycles. The number of hydrogen-bond donors (Lipinski definition) is 1. The third-order valence-corrected chi connectivity index (χ3v) is 9.75. The monoisotopic (exact) mass is 707 g/mol. The maximum atomic E-state index is 15.7. The molecule has 0 radical (unpaired) electrons. The van der Waals surface area contributed by atoms with E-state index < -0.39 is 29.9 Å². The standard InChI is InChI=1S/C37H36Cl2FN3O6/c1-46-31-11-8-24(16-33(31)47-2)32(18-27-28(38)19-41-20-29(27)39)48-36(44)26-10-9-25(17-30(26)40)42-35(23-6-4-3-5-7-23)37(45)49-34-21-43-14-12-22(34)13-15-43/h3-11,16-17,19-20,22,32,34-35,42H,12-15,18,21H2,1-2H3/t32-,34-,35?/m0/s1. The Kier molecular flexibility index (Phi) is 10.9. The van der Waals surface area contributed by atoms with Gasteiger partial charge in [0.15, 0.2) is 17.5 Å². The highest BCUT2D eigenvalue weighted by molar-refractivity contribution is 6.35. The van der Waals surface area contributed by atoms with E-state index in [0.29, 0.717) is 46.3 Å². The molecule has 0 spiro atoms. The lowest BCUT2D eigenvalue weighted by Crippen LogP contribution is -2.52. The number of aromatic nitrogens is 1. The number of halogens is 3. The molecule has 3 aromatic carbocycles. The van der Waals surface area contributed by atoms with Gasteiger partial charge in [-0.3, -0.25) is 9.88 Å². The predicted octanol–water partition coefficient (Wildman–Crippen LogP) is 7.48. The Balaban J connectivity index is 1.23. The number of pyridine rings is 1. The molecular weight excluding hydrogens is 672 g/mol. The number of piperidine rings is 3. The van der Waals surface area contributed by atoms with Crippen molar-refractivity contribution in [2.45, 2.75) is 37.5 Å². The fraction of sp³-hybridized carbons (Fsp3) is 0.324. The van der Waals surface area contributed by atoms with Crippen LogP contribution in [0, 0.1) is 11.7 Å². The molecule has 12 heteroatoms. The smallest absolute Gasteiger partial charge is 0.341 e. The second-order valence-electron chi connectivity index (χ2n) is 12.1. The number of rotatable bonds is 12. The zero-order valence-electron chi connectivity index (χ0n) is 27.0. The SMILES string of the molecule is COc1ccc([C@H](Cc2c(Cl)cncc2Cl)OC(=O)c2ccc(NC(C(=O)O[C@H]3CN4CCC3CC4)c3ccccc3)cc2F)cc1OC. The Bertz CT molecular complexity index is 1780. The van der Waals surface area contributed by atoms with Crippen LogP contribution in [0.5, 0.6) is 11.5 Å². The van der Waals surface area contributed by atoms with E-state index in [-0.39, 0.29) is 28.1 Å². The molecule has 0 aliphatic carbocycles. The first-order valence-electron chi connectivity index (χ1n) is 16.0. The second kappa shape index (κ2) is 15.4. The van der Waals surface area contributed by atoms with Crippen molar-refractivity contribution >= 4 is 40.8 Å². The van der Waals surface area contributed by atoms with Crippen molar-refractivity contribution in [3.05, 3.63) is 117 Å².